The number of amides is 1. The molecule has 0 saturated carbocycles. The van der Waals surface area contributed by atoms with Crippen LogP contribution in [0.1, 0.15) is 35.4 Å². The maximum atomic E-state index is 12.8. The van der Waals surface area contributed by atoms with E-state index in [0.717, 1.165) is 6.42 Å². The molecule has 0 unspecified atom stereocenters. The molecule has 0 bridgehead atoms. The second-order valence-electron chi connectivity index (χ2n) is 5.60. The SMILES string of the molecule is CCCN1C(=O)c2ccccc2N[C@@H]1c1ccc(O)c([N+](=O)[O-])c1. The Morgan fingerprint density at radius 2 is 2.04 bits per heavy atom. The van der Waals surface area contributed by atoms with E-state index in [-0.39, 0.29) is 11.6 Å². The van der Waals surface area contributed by atoms with Crippen LogP contribution >= 0.6 is 0 Å². The van der Waals surface area contributed by atoms with Gasteiger partial charge < -0.3 is 15.3 Å². The maximum absolute atomic E-state index is 12.8. The minimum absolute atomic E-state index is 0.119. The average molecular weight is 327 g/mol. The second kappa shape index (κ2) is 6.19. The van der Waals surface area contributed by atoms with Gasteiger partial charge in [-0.2, -0.15) is 0 Å². The van der Waals surface area contributed by atoms with Crippen molar-refractivity contribution in [2.24, 2.45) is 0 Å². The standard InChI is InChI=1S/C17H17N3O4/c1-2-9-19-16(11-7-8-15(21)14(10-11)20(23)24)18-13-6-4-3-5-12(13)17(19)22/h3-8,10,16,18,21H,2,9H2,1H3/t16-/m0/s1. The van der Waals surface area contributed by atoms with Gasteiger partial charge in [0.1, 0.15) is 6.17 Å². The summed E-state index contributed by atoms with van der Waals surface area (Å²) in [4.78, 5) is 24.9. The number of anilines is 1. The lowest BCUT2D eigenvalue weighted by Gasteiger charge is -2.38. The summed E-state index contributed by atoms with van der Waals surface area (Å²) < 4.78 is 0. The van der Waals surface area contributed by atoms with Gasteiger partial charge in [0.2, 0.25) is 0 Å². The fraction of sp³-hybridized carbons (Fsp3) is 0.235. The molecule has 0 spiro atoms. The Balaban J connectivity index is 2.07. The number of rotatable bonds is 4. The molecule has 0 aliphatic carbocycles. The summed E-state index contributed by atoms with van der Waals surface area (Å²) in [6, 6.07) is 11.4. The van der Waals surface area contributed by atoms with Crippen molar-refractivity contribution in [2.75, 3.05) is 11.9 Å². The first-order chi connectivity index (χ1) is 11.5. The Kier molecular flexibility index (Phi) is 4.07. The van der Waals surface area contributed by atoms with Gasteiger partial charge in [0.05, 0.1) is 10.5 Å². The Labute approximate surface area is 138 Å². The number of nitrogens with one attached hydrogen (secondary N) is 1. The van der Waals surface area contributed by atoms with E-state index in [9.17, 15) is 20.0 Å². The van der Waals surface area contributed by atoms with Crippen LogP contribution in [-0.2, 0) is 0 Å². The zero-order valence-electron chi connectivity index (χ0n) is 13.1. The first-order valence-corrected chi connectivity index (χ1v) is 7.66. The van der Waals surface area contributed by atoms with E-state index in [4.69, 9.17) is 0 Å². The monoisotopic (exact) mass is 327 g/mol. The van der Waals surface area contributed by atoms with Crippen LogP contribution in [0.2, 0.25) is 0 Å². The van der Waals surface area contributed by atoms with E-state index >= 15 is 0 Å². The molecule has 3 rings (SSSR count). The van der Waals surface area contributed by atoms with Gasteiger partial charge in [-0.25, -0.2) is 0 Å². The largest absolute Gasteiger partial charge is 0.502 e. The number of nitro groups is 1. The van der Waals surface area contributed by atoms with Crippen molar-refractivity contribution < 1.29 is 14.8 Å². The molecule has 0 fully saturated rings. The number of fused-ring (bicyclic) bond motifs is 1. The summed E-state index contributed by atoms with van der Waals surface area (Å²) in [5.41, 5.74) is 1.44. The van der Waals surface area contributed by atoms with Crippen LogP contribution in [0.3, 0.4) is 0 Å². The van der Waals surface area contributed by atoms with Gasteiger partial charge in [-0.1, -0.05) is 25.1 Å². The minimum atomic E-state index is -0.637. The lowest BCUT2D eigenvalue weighted by Crippen LogP contribution is -2.43. The van der Waals surface area contributed by atoms with Crippen molar-refractivity contribution in [3.8, 4) is 5.75 Å². The predicted molar refractivity (Wildman–Crippen MR) is 88.9 cm³/mol. The Hall–Kier alpha value is -3.09. The molecule has 124 valence electrons. The van der Waals surface area contributed by atoms with Crippen LogP contribution in [0.5, 0.6) is 5.75 Å². The third-order valence-corrected chi connectivity index (χ3v) is 4.00. The number of nitro benzene ring substituents is 1. The molecule has 24 heavy (non-hydrogen) atoms. The Bertz CT molecular complexity index is 806. The summed E-state index contributed by atoms with van der Waals surface area (Å²) in [7, 11) is 0. The topological polar surface area (TPSA) is 95.7 Å². The summed E-state index contributed by atoms with van der Waals surface area (Å²) in [6.07, 6.45) is 0.235. The summed E-state index contributed by atoms with van der Waals surface area (Å²) in [5.74, 6) is -0.514. The van der Waals surface area contributed by atoms with Crippen LogP contribution in [0.4, 0.5) is 11.4 Å². The average Bonchev–Trinajstić information content (AvgIpc) is 2.57. The highest BCUT2D eigenvalue weighted by molar-refractivity contribution is 6.01. The molecule has 2 N–H and O–H groups in total. The fourth-order valence-electron chi connectivity index (χ4n) is 2.88. The molecule has 1 aliphatic heterocycles. The van der Waals surface area contributed by atoms with Crippen molar-refractivity contribution in [1.82, 2.24) is 4.90 Å². The van der Waals surface area contributed by atoms with Crippen LogP contribution < -0.4 is 5.32 Å². The highest BCUT2D eigenvalue weighted by atomic mass is 16.6. The van der Waals surface area contributed by atoms with Crippen molar-refractivity contribution in [2.45, 2.75) is 19.5 Å². The Morgan fingerprint density at radius 3 is 2.75 bits per heavy atom. The quantitative estimate of drug-likeness (QED) is 0.663. The molecule has 7 heteroatoms. The summed E-state index contributed by atoms with van der Waals surface area (Å²) >= 11 is 0. The molecule has 1 amide bonds. The van der Waals surface area contributed by atoms with Crippen LogP contribution in [0.25, 0.3) is 0 Å². The number of benzene rings is 2. The molecule has 1 aliphatic rings. The van der Waals surface area contributed by atoms with E-state index in [1.807, 2.05) is 13.0 Å². The normalized spacial score (nSPS) is 16.5. The molecule has 2 aromatic carbocycles. The lowest BCUT2D eigenvalue weighted by molar-refractivity contribution is -0.385. The third kappa shape index (κ3) is 2.64. The number of hydrogen-bond donors (Lipinski definition) is 2. The van der Waals surface area contributed by atoms with Crippen LogP contribution in [0.15, 0.2) is 42.5 Å². The van der Waals surface area contributed by atoms with Crippen molar-refractivity contribution in [3.63, 3.8) is 0 Å². The number of carbonyl (C=O) groups excluding carboxylic acids is 1. The lowest BCUT2D eigenvalue weighted by atomic mass is 10.0. The summed E-state index contributed by atoms with van der Waals surface area (Å²) in [5, 5.41) is 24.0. The van der Waals surface area contributed by atoms with Gasteiger partial charge in [0.25, 0.3) is 5.91 Å². The van der Waals surface area contributed by atoms with Gasteiger partial charge in [-0.05, 0) is 24.6 Å². The van der Waals surface area contributed by atoms with Crippen LogP contribution in [0, 0.1) is 10.1 Å². The second-order valence-corrected chi connectivity index (χ2v) is 5.60. The molecule has 0 saturated heterocycles. The predicted octanol–water partition coefficient (Wildman–Crippen LogP) is 3.28. The zero-order valence-corrected chi connectivity index (χ0v) is 13.1. The molecule has 2 aromatic rings. The van der Waals surface area contributed by atoms with Crippen molar-refractivity contribution in [1.29, 1.82) is 0 Å². The highest BCUT2D eigenvalue weighted by Gasteiger charge is 2.33. The number of carbonyl (C=O) groups is 1. The van der Waals surface area contributed by atoms with E-state index in [1.165, 1.54) is 12.1 Å². The van der Waals surface area contributed by atoms with E-state index in [1.54, 1.807) is 29.2 Å². The van der Waals surface area contributed by atoms with Crippen LogP contribution in [-0.4, -0.2) is 27.4 Å². The number of para-hydroxylation sites is 1. The van der Waals surface area contributed by atoms with E-state index in [2.05, 4.69) is 5.32 Å². The minimum Gasteiger partial charge on any atom is -0.502 e. The first-order valence-electron chi connectivity index (χ1n) is 7.66. The van der Waals surface area contributed by atoms with Gasteiger partial charge in [0, 0.05) is 23.9 Å². The van der Waals surface area contributed by atoms with Crippen molar-refractivity contribution >= 4 is 17.3 Å². The fourth-order valence-corrected chi connectivity index (χ4v) is 2.88. The number of phenols is 1. The smallest absolute Gasteiger partial charge is 0.311 e. The molecular formula is C17H17N3O4. The molecule has 7 nitrogen and oxygen atoms in total. The molecule has 0 aromatic heterocycles. The zero-order chi connectivity index (χ0) is 17.3. The molecular weight excluding hydrogens is 310 g/mol. The van der Waals surface area contributed by atoms with E-state index in [0.29, 0.717) is 23.4 Å². The molecule has 0 radical (unpaired) electrons. The molecule has 1 atom stereocenters. The maximum Gasteiger partial charge on any atom is 0.311 e. The summed E-state index contributed by atoms with van der Waals surface area (Å²) in [6.45, 7) is 2.48. The highest BCUT2D eigenvalue weighted by Crippen LogP contribution is 2.36. The van der Waals surface area contributed by atoms with Crippen molar-refractivity contribution in [3.05, 3.63) is 63.7 Å². The van der Waals surface area contributed by atoms with E-state index < -0.39 is 16.8 Å². The Morgan fingerprint density at radius 1 is 1.29 bits per heavy atom. The number of nitrogens with zero attached hydrogens (tertiary/aromatic N) is 2. The van der Waals surface area contributed by atoms with Gasteiger partial charge in [-0.15, -0.1) is 0 Å². The number of aromatic hydroxyl groups is 1. The number of phenolic OH excluding ortho intramolecular Hbond substituents is 1. The van der Waals surface area contributed by atoms with Gasteiger partial charge in [0.15, 0.2) is 5.75 Å². The number of hydrogen-bond acceptors (Lipinski definition) is 5. The third-order valence-electron chi connectivity index (χ3n) is 4.00. The van der Waals surface area contributed by atoms with Gasteiger partial charge >= 0.3 is 5.69 Å². The van der Waals surface area contributed by atoms with Gasteiger partial charge in [-0.3, -0.25) is 14.9 Å². The molecule has 1 heterocycles. The first kappa shape index (κ1) is 15.8.